The summed E-state index contributed by atoms with van der Waals surface area (Å²) in [7, 11) is 0. The predicted octanol–water partition coefficient (Wildman–Crippen LogP) is 1.65. The van der Waals surface area contributed by atoms with Crippen molar-refractivity contribution in [1.29, 1.82) is 5.26 Å². The Morgan fingerprint density at radius 1 is 1.20 bits per heavy atom. The largest absolute Gasteiger partial charge is 0.478 e. The number of anilines is 1. The van der Waals surface area contributed by atoms with Crippen molar-refractivity contribution in [1.82, 2.24) is 4.90 Å². The summed E-state index contributed by atoms with van der Waals surface area (Å²) in [4.78, 5) is 36.7. The molecular formula is C17H19N3O5. The van der Waals surface area contributed by atoms with Crippen LogP contribution < -0.4 is 5.32 Å². The standard InChI is InChI=1S/C17H19N3O5/c18-4-2-6-20-5-1-3-11(10-20)15(21)19-14-8-12(16(22)23)7-13(9-14)17(24)25/h7-9,11H,1-3,5-6,10H2,(H,19,21)(H,22,23)(H,24,25). The number of nitrogens with one attached hydrogen (secondary N) is 1. The molecule has 0 bridgehead atoms. The van der Waals surface area contributed by atoms with E-state index in [1.807, 2.05) is 4.90 Å². The van der Waals surface area contributed by atoms with E-state index in [0.29, 0.717) is 25.9 Å². The van der Waals surface area contributed by atoms with Crippen LogP contribution in [0.4, 0.5) is 5.69 Å². The Bertz CT molecular complexity index is 693. The molecule has 25 heavy (non-hydrogen) atoms. The number of nitriles is 1. The summed E-state index contributed by atoms with van der Waals surface area (Å²) >= 11 is 0. The normalized spacial score (nSPS) is 17.5. The second-order valence-electron chi connectivity index (χ2n) is 5.95. The topological polar surface area (TPSA) is 131 Å². The quantitative estimate of drug-likeness (QED) is 0.714. The molecule has 1 unspecified atom stereocenters. The molecule has 0 aromatic heterocycles. The molecule has 2 rings (SSSR count). The van der Waals surface area contributed by atoms with Crippen molar-refractivity contribution < 1.29 is 24.6 Å². The summed E-state index contributed by atoms with van der Waals surface area (Å²) in [6, 6.07) is 5.60. The zero-order chi connectivity index (χ0) is 18.4. The number of rotatable bonds is 6. The number of piperidine rings is 1. The summed E-state index contributed by atoms with van der Waals surface area (Å²) in [5, 5.41) is 29.4. The van der Waals surface area contributed by atoms with Crippen LogP contribution in [-0.4, -0.2) is 52.6 Å². The molecule has 132 valence electrons. The molecule has 1 aromatic carbocycles. The highest BCUT2D eigenvalue weighted by molar-refractivity contribution is 5.99. The van der Waals surface area contributed by atoms with Crippen molar-refractivity contribution >= 4 is 23.5 Å². The van der Waals surface area contributed by atoms with Crippen LogP contribution >= 0.6 is 0 Å². The fourth-order valence-electron chi connectivity index (χ4n) is 2.87. The number of aromatic carboxylic acids is 2. The van der Waals surface area contributed by atoms with Gasteiger partial charge in [-0.25, -0.2) is 9.59 Å². The van der Waals surface area contributed by atoms with Gasteiger partial charge in [0.25, 0.3) is 0 Å². The number of nitrogens with zero attached hydrogens (tertiary/aromatic N) is 2. The fraction of sp³-hybridized carbons (Fsp3) is 0.412. The number of amides is 1. The van der Waals surface area contributed by atoms with Crippen molar-refractivity contribution in [3.63, 3.8) is 0 Å². The second-order valence-corrected chi connectivity index (χ2v) is 5.95. The van der Waals surface area contributed by atoms with Crippen molar-refractivity contribution in [2.24, 2.45) is 5.92 Å². The lowest BCUT2D eigenvalue weighted by Gasteiger charge is -2.31. The van der Waals surface area contributed by atoms with Crippen LogP contribution in [0.5, 0.6) is 0 Å². The number of benzene rings is 1. The van der Waals surface area contributed by atoms with Crippen LogP contribution in [0, 0.1) is 17.2 Å². The first-order chi connectivity index (χ1) is 11.9. The van der Waals surface area contributed by atoms with E-state index in [1.54, 1.807) is 0 Å². The number of hydrogen-bond donors (Lipinski definition) is 3. The van der Waals surface area contributed by atoms with Gasteiger partial charge in [0.1, 0.15) is 0 Å². The molecule has 1 saturated heterocycles. The van der Waals surface area contributed by atoms with E-state index < -0.39 is 11.9 Å². The molecule has 0 saturated carbocycles. The summed E-state index contributed by atoms with van der Waals surface area (Å²) in [5.41, 5.74) is -0.250. The molecule has 1 amide bonds. The van der Waals surface area contributed by atoms with Gasteiger partial charge in [-0.3, -0.25) is 4.79 Å². The Balaban J connectivity index is 2.10. The molecule has 8 nitrogen and oxygen atoms in total. The van der Waals surface area contributed by atoms with Crippen molar-refractivity contribution in [3.8, 4) is 6.07 Å². The van der Waals surface area contributed by atoms with Gasteiger partial charge in [-0.15, -0.1) is 0 Å². The van der Waals surface area contributed by atoms with Crippen molar-refractivity contribution in [2.75, 3.05) is 25.0 Å². The molecule has 3 N–H and O–H groups in total. The smallest absolute Gasteiger partial charge is 0.335 e. The highest BCUT2D eigenvalue weighted by atomic mass is 16.4. The number of likely N-dealkylation sites (tertiary alicyclic amines) is 1. The van der Waals surface area contributed by atoms with E-state index in [-0.39, 0.29) is 28.6 Å². The number of carbonyl (C=O) groups excluding carboxylic acids is 1. The van der Waals surface area contributed by atoms with Crippen LogP contribution in [0.25, 0.3) is 0 Å². The fourth-order valence-corrected chi connectivity index (χ4v) is 2.87. The molecule has 8 heteroatoms. The van der Waals surface area contributed by atoms with Crippen molar-refractivity contribution in [3.05, 3.63) is 29.3 Å². The maximum Gasteiger partial charge on any atom is 0.335 e. The minimum absolute atomic E-state index is 0.149. The zero-order valence-electron chi connectivity index (χ0n) is 13.6. The van der Waals surface area contributed by atoms with Gasteiger partial charge in [0.15, 0.2) is 0 Å². The molecule has 0 radical (unpaired) electrons. The molecule has 1 aliphatic rings. The van der Waals surface area contributed by atoms with E-state index in [4.69, 9.17) is 15.5 Å². The first-order valence-corrected chi connectivity index (χ1v) is 7.92. The van der Waals surface area contributed by atoms with Gasteiger partial charge in [0.05, 0.1) is 23.1 Å². The monoisotopic (exact) mass is 345 g/mol. The molecule has 1 atom stereocenters. The summed E-state index contributed by atoms with van der Waals surface area (Å²) in [5.74, 6) is -3.09. The lowest BCUT2D eigenvalue weighted by atomic mass is 9.96. The maximum atomic E-state index is 12.5. The Morgan fingerprint density at radius 2 is 1.84 bits per heavy atom. The number of carboxylic acids is 2. The highest BCUT2D eigenvalue weighted by Gasteiger charge is 2.26. The Morgan fingerprint density at radius 3 is 2.40 bits per heavy atom. The van der Waals surface area contributed by atoms with Crippen LogP contribution in [0.3, 0.4) is 0 Å². The average molecular weight is 345 g/mol. The molecule has 0 spiro atoms. The Hall–Kier alpha value is -2.92. The zero-order valence-corrected chi connectivity index (χ0v) is 13.6. The average Bonchev–Trinajstić information content (AvgIpc) is 2.59. The molecule has 1 heterocycles. The highest BCUT2D eigenvalue weighted by Crippen LogP contribution is 2.21. The van der Waals surface area contributed by atoms with E-state index in [2.05, 4.69) is 11.4 Å². The van der Waals surface area contributed by atoms with Gasteiger partial charge in [-0.1, -0.05) is 0 Å². The number of carboxylic acid groups (broad SMARTS) is 2. The first kappa shape index (κ1) is 18.4. The molecule has 1 aromatic rings. The lowest BCUT2D eigenvalue weighted by molar-refractivity contribution is -0.121. The van der Waals surface area contributed by atoms with Crippen LogP contribution in [0.2, 0.25) is 0 Å². The van der Waals surface area contributed by atoms with Gasteiger partial charge < -0.3 is 20.4 Å². The third kappa shape index (κ3) is 5.02. The van der Waals surface area contributed by atoms with Crippen LogP contribution in [0.15, 0.2) is 18.2 Å². The number of carbonyl (C=O) groups is 3. The van der Waals surface area contributed by atoms with E-state index in [9.17, 15) is 14.4 Å². The second kappa shape index (κ2) is 8.26. The first-order valence-electron chi connectivity index (χ1n) is 7.92. The van der Waals surface area contributed by atoms with Crippen molar-refractivity contribution in [2.45, 2.75) is 19.3 Å². The minimum atomic E-state index is -1.26. The minimum Gasteiger partial charge on any atom is -0.478 e. The summed E-state index contributed by atoms with van der Waals surface area (Å²) in [6.45, 7) is 1.97. The Labute approximate surface area is 144 Å². The third-order valence-electron chi connectivity index (χ3n) is 4.11. The SMILES string of the molecule is N#CCCN1CCCC(C(=O)Nc2cc(C(=O)O)cc(C(=O)O)c2)C1. The molecule has 0 aliphatic carbocycles. The van der Waals surface area contributed by atoms with E-state index >= 15 is 0 Å². The lowest BCUT2D eigenvalue weighted by Crippen LogP contribution is -2.41. The summed E-state index contributed by atoms with van der Waals surface area (Å²) in [6.07, 6.45) is 1.93. The molecule has 1 fully saturated rings. The van der Waals surface area contributed by atoms with Crippen LogP contribution in [-0.2, 0) is 4.79 Å². The van der Waals surface area contributed by atoms with E-state index in [1.165, 1.54) is 12.1 Å². The van der Waals surface area contributed by atoms with E-state index in [0.717, 1.165) is 19.0 Å². The maximum absolute atomic E-state index is 12.5. The Kier molecular flexibility index (Phi) is 6.08. The van der Waals surface area contributed by atoms with Gasteiger partial charge in [0.2, 0.25) is 5.91 Å². The third-order valence-corrected chi connectivity index (χ3v) is 4.11. The van der Waals surface area contributed by atoms with Crippen LogP contribution in [0.1, 0.15) is 40.0 Å². The number of hydrogen-bond acceptors (Lipinski definition) is 5. The van der Waals surface area contributed by atoms with Gasteiger partial charge in [-0.05, 0) is 37.6 Å². The molecule has 1 aliphatic heterocycles. The van der Waals surface area contributed by atoms with Gasteiger partial charge in [0, 0.05) is 25.2 Å². The predicted molar refractivity (Wildman–Crippen MR) is 88.4 cm³/mol. The molecular weight excluding hydrogens is 326 g/mol. The van der Waals surface area contributed by atoms with Gasteiger partial charge >= 0.3 is 11.9 Å². The van der Waals surface area contributed by atoms with Gasteiger partial charge in [-0.2, -0.15) is 5.26 Å². The summed E-state index contributed by atoms with van der Waals surface area (Å²) < 4.78 is 0.